The number of nitrogens with zero attached hydrogens (tertiary/aromatic N) is 4. The number of aryl methyl sites for hydroxylation is 1. The molecule has 5 aromatic rings. The number of urea groups is 1. The van der Waals surface area contributed by atoms with Crippen molar-refractivity contribution in [3.63, 3.8) is 0 Å². The van der Waals surface area contributed by atoms with E-state index in [0.717, 1.165) is 34.0 Å². The number of halogens is 2. The molecule has 1 aliphatic rings. The van der Waals surface area contributed by atoms with Crippen LogP contribution in [-0.2, 0) is 19.5 Å². The Balaban J connectivity index is 1.49. The molecule has 1 N–H and O–H groups in total. The van der Waals surface area contributed by atoms with Gasteiger partial charge in [-0.1, -0.05) is 49.4 Å². The average molecular weight is 524 g/mol. The minimum atomic E-state index is -0.565. The number of rotatable bonds is 5. The highest BCUT2D eigenvalue weighted by atomic mass is 19.1. The van der Waals surface area contributed by atoms with E-state index in [1.807, 2.05) is 66.3 Å². The van der Waals surface area contributed by atoms with Gasteiger partial charge in [-0.15, -0.1) is 0 Å². The summed E-state index contributed by atoms with van der Waals surface area (Å²) in [7, 11) is 0. The highest BCUT2D eigenvalue weighted by Crippen LogP contribution is 2.38. The summed E-state index contributed by atoms with van der Waals surface area (Å²) in [5, 5.41) is 7.94. The molecule has 0 bridgehead atoms. The second-order valence-electron chi connectivity index (χ2n) is 9.52. The molecule has 39 heavy (non-hydrogen) atoms. The van der Waals surface area contributed by atoms with Gasteiger partial charge in [0.25, 0.3) is 0 Å². The fraction of sp³-hybridized carbons (Fsp3) is 0.161. The molecule has 0 spiro atoms. The molecule has 1 unspecified atom stereocenters. The first-order valence-electron chi connectivity index (χ1n) is 12.9. The van der Waals surface area contributed by atoms with Gasteiger partial charge in [-0.2, -0.15) is 5.10 Å². The van der Waals surface area contributed by atoms with Crippen LogP contribution in [0.4, 0.5) is 13.6 Å². The fourth-order valence-electron chi connectivity index (χ4n) is 5.26. The molecule has 0 aliphatic carbocycles. The molecule has 0 radical (unpaired) electrons. The number of para-hydroxylation sites is 1. The Hall–Kier alpha value is -4.72. The Bertz CT molecular complexity index is 1620. The normalized spacial score (nSPS) is 14.4. The predicted octanol–water partition coefficient (Wildman–Crippen LogP) is 6.32. The lowest BCUT2D eigenvalue weighted by molar-refractivity contribution is 0.180. The summed E-state index contributed by atoms with van der Waals surface area (Å²) >= 11 is 0. The molecule has 1 atom stereocenters. The maximum Gasteiger partial charge on any atom is 0.318 e. The van der Waals surface area contributed by atoms with E-state index in [4.69, 9.17) is 5.10 Å². The number of carbonyl (C=O) groups is 1. The summed E-state index contributed by atoms with van der Waals surface area (Å²) in [5.74, 6) is 0.150. The third kappa shape index (κ3) is 4.58. The maximum absolute atomic E-state index is 14.5. The lowest BCUT2D eigenvalue weighted by Crippen LogP contribution is -2.41. The molecule has 1 aliphatic heterocycles. The number of amides is 2. The van der Waals surface area contributed by atoms with Crippen LogP contribution >= 0.6 is 0 Å². The minimum absolute atomic E-state index is 0.225. The van der Waals surface area contributed by atoms with Crippen molar-refractivity contribution in [1.29, 1.82) is 0 Å². The Kier molecular flexibility index (Phi) is 6.44. The zero-order valence-corrected chi connectivity index (χ0v) is 21.4. The summed E-state index contributed by atoms with van der Waals surface area (Å²) in [6.45, 7) is 2.54. The number of aromatic nitrogens is 3. The molecule has 0 saturated carbocycles. The second-order valence-corrected chi connectivity index (χ2v) is 9.52. The summed E-state index contributed by atoms with van der Waals surface area (Å²) < 4.78 is 31.9. The largest absolute Gasteiger partial charge is 0.334 e. The Morgan fingerprint density at radius 3 is 2.49 bits per heavy atom. The Morgan fingerprint density at radius 2 is 1.74 bits per heavy atom. The van der Waals surface area contributed by atoms with Crippen molar-refractivity contribution in [2.24, 2.45) is 0 Å². The Morgan fingerprint density at radius 1 is 0.949 bits per heavy atom. The molecule has 0 saturated heterocycles. The number of hydrogen-bond acceptors (Lipinski definition) is 2. The molecule has 0 fully saturated rings. The van der Waals surface area contributed by atoms with E-state index in [1.165, 1.54) is 24.3 Å². The summed E-state index contributed by atoms with van der Waals surface area (Å²) in [5.41, 5.74) is 4.96. The van der Waals surface area contributed by atoms with E-state index in [0.29, 0.717) is 12.0 Å². The van der Waals surface area contributed by atoms with Crippen LogP contribution in [0, 0.1) is 11.6 Å². The molecular weight excluding hydrogens is 496 g/mol. The van der Waals surface area contributed by atoms with E-state index in [2.05, 4.69) is 9.88 Å². The fourth-order valence-corrected chi connectivity index (χ4v) is 5.26. The van der Waals surface area contributed by atoms with Gasteiger partial charge in [0.2, 0.25) is 0 Å². The first-order chi connectivity index (χ1) is 19.0. The van der Waals surface area contributed by atoms with E-state index in [9.17, 15) is 13.6 Å². The van der Waals surface area contributed by atoms with Crippen molar-refractivity contribution in [1.82, 2.24) is 24.6 Å². The van der Waals surface area contributed by atoms with Crippen LogP contribution in [0.5, 0.6) is 0 Å². The summed E-state index contributed by atoms with van der Waals surface area (Å²) in [6, 6.07) is 25.3. The van der Waals surface area contributed by atoms with Crippen molar-refractivity contribution < 1.29 is 13.6 Å². The first kappa shape index (κ1) is 24.6. The van der Waals surface area contributed by atoms with Gasteiger partial charge < -0.3 is 14.8 Å². The molecule has 3 heterocycles. The van der Waals surface area contributed by atoms with Gasteiger partial charge in [-0.3, -0.25) is 0 Å². The summed E-state index contributed by atoms with van der Waals surface area (Å²) in [4.78, 5) is 15.6. The van der Waals surface area contributed by atoms with Crippen LogP contribution in [-0.4, -0.2) is 25.3 Å². The van der Waals surface area contributed by atoms with Crippen LogP contribution in [0.2, 0.25) is 0 Å². The van der Waals surface area contributed by atoms with Crippen LogP contribution < -0.4 is 5.32 Å². The number of fused-ring (bicyclic) bond motifs is 3. The van der Waals surface area contributed by atoms with E-state index >= 15 is 0 Å². The minimum Gasteiger partial charge on any atom is -0.334 e. The highest BCUT2D eigenvalue weighted by Gasteiger charge is 2.36. The molecule has 6 nitrogen and oxygen atoms in total. The third-order valence-corrected chi connectivity index (χ3v) is 7.09. The van der Waals surface area contributed by atoms with Crippen LogP contribution in [0.15, 0.2) is 97.2 Å². The lowest BCUT2D eigenvalue weighted by Gasteiger charge is -2.31. The van der Waals surface area contributed by atoms with Crippen molar-refractivity contribution >= 4 is 6.03 Å². The van der Waals surface area contributed by atoms with Gasteiger partial charge in [0.05, 0.1) is 29.7 Å². The Labute approximate surface area is 225 Å². The number of hydrogen-bond donors (Lipinski definition) is 1. The topological polar surface area (TPSA) is 55.1 Å². The van der Waals surface area contributed by atoms with Crippen LogP contribution in [0.1, 0.15) is 41.0 Å². The number of nitrogens with one attached hydrogen (secondary N) is 1. The molecule has 6 rings (SSSR count). The van der Waals surface area contributed by atoms with Gasteiger partial charge in [0.15, 0.2) is 0 Å². The molecule has 196 valence electrons. The van der Waals surface area contributed by atoms with Gasteiger partial charge >= 0.3 is 6.03 Å². The van der Waals surface area contributed by atoms with Gasteiger partial charge in [-0.05, 0) is 66.1 Å². The summed E-state index contributed by atoms with van der Waals surface area (Å²) in [6.07, 6.45) is 2.63. The molecule has 3 aromatic carbocycles. The first-order valence-corrected chi connectivity index (χ1v) is 12.9. The number of carbonyl (C=O) groups excluding carboxylic acids is 1. The standard InChI is InChI=1S/C31H27F2N5O/c1-2-27-26-20-37(31(39)34-19-21-13-15-23(32)16-14-21)29(22-8-6-9-24(33)18-22)28-12-7-17-36(28)30(26)38(35-27)25-10-4-3-5-11-25/h3-18,29H,2,19-20H2,1H3,(H,34,39). The molecular formula is C31H27F2N5O. The monoisotopic (exact) mass is 523 g/mol. The van der Waals surface area contributed by atoms with Crippen molar-refractivity contribution in [2.45, 2.75) is 32.5 Å². The van der Waals surface area contributed by atoms with E-state index < -0.39 is 6.04 Å². The highest BCUT2D eigenvalue weighted by molar-refractivity contribution is 5.76. The van der Waals surface area contributed by atoms with E-state index in [-0.39, 0.29) is 30.8 Å². The molecule has 8 heteroatoms. The van der Waals surface area contributed by atoms with Gasteiger partial charge in [0.1, 0.15) is 17.5 Å². The zero-order chi connectivity index (χ0) is 26.9. The van der Waals surface area contributed by atoms with Crippen molar-refractivity contribution in [2.75, 3.05) is 0 Å². The smallest absolute Gasteiger partial charge is 0.318 e. The van der Waals surface area contributed by atoms with Crippen molar-refractivity contribution in [3.05, 3.63) is 137 Å². The van der Waals surface area contributed by atoms with Crippen LogP contribution in [0.3, 0.4) is 0 Å². The molecule has 2 amide bonds. The SMILES string of the molecule is CCc1nn(-c2ccccc2)c2c1CN(C(=O)NCc1ccc(F)cc1)C(c1cccc(F)c1)c1cccn1-2. The van der Waals surface area contributed by atoms with Gasteiger partial charge in [-0.25, -0.2) is 18.3 Å². The predicted molar refractivity (Wildman–Crippen MR) is 145 cm³/mol. The number of benzene rings is 3. The quantitative estimate of drug-likeness (QED) is 0.293. The maximum atomic E-state index is 14.5. The second kappa shape index (κ2) is 10.2. The zero-order valence-electron chi connectivity index (χ0n) is 21.4. The average Bonchev–Trinajstić information content (AvgIpc) is 3.54. The molecule has 2 aromatic heterocycles. The lowest BCUT2D eigenvalue weighted by atomic mass is 10.0. The van der Waals surface area contributed by atoms with Crippen molar-refractivity contribution in [3.8, 4) is 11.5 Å². The van der Waals surface area contributed by atoms with E-state index in [1.54, 1.807) is 23.1 Å². The van der Waals surface area contributed by atoms with Crippen LogP contribution in [0.25, 0.3) is 11.5 Å². The third-order valence-electron chi connectivity index (χ3n) is 7.09. The van der Waals surface area contributed by atoms with Gasteiger partial charge in [0, 0.05) is 18.3 Å².